The Kier molecular flexibility index (Phi) is 5.19. The van der Waals surface area contributed by atoms with E-state index in [9.17, 15) is 4.79 Å². The summed E-state index contributed by atoms with van der Waals surface area (Å²) < 4.78 is 0. The third-order valence-corrected chi connectivity index (χ3v) is 4.27. The van der Waals surface area contributed by atoms with Crippen LogP contribution in [0.3, 0.4) is 0 Å². The lowest BCUT2D eigenvalue weighted by Crippen LogP contribution is -2.41. The zero-order chi connectivity index (χ0) is 13.8. The van der Waals surface area contributed by atoms with Gasteiger partial charge in [-0.2, -0.15) is 5.26 Å². The minimum Gasteiger partial charge on any atom is -0.354 e. The first-order valence-corrected chi connectivity index (χ1v) is 7.06. The minimum atomic E-state index is -0.524. The predicted octanol–water partition coefficient (Wildman–Crippen LogP) is 3.11. The fraction of sp³-hybridized carbons (Fsp3) is 0.867. The lowest BCUT2D eigenvalue weighted by Gasteiger charge is -2.32. The number of amides is 1. The van der Waals surface area contributed by atoms with Gasteiger partial charge in [-0.25, -0.2) is 0 Å². The number of nitrogens with zero attached hydrogens (tertiary/aromatic N) is 1. The Morgan fingerprint density at radius 3 is 2.39 bits per heavy atom. The van der Waals surface area contributed by atoms with Crippen molar-refractivity contribution in [3.8, 4) is 6.07 Å². The van der Waals surface area contributed by atoms with Gasteiger partial charge in [0.25, 0.3) is 0 Å². The summed E-state index contributed by atoms with van der Waals surface area (Å²) in [4.78, 5) is 11.9. The molecule has 0 heterocycles. The standard InChI is InChI=1S/C15H26N2O/c1-11(2)13(9-16)14(18)17-10-15(3,4)12-7-5-6-8-12/h11-13H,5-8,10H2,1-4H3,(H,17,18). The summed E-state index contributed by atoms with van der Waals surface area (Å²) in [6.07, 6.45) is 5.17. The van der Waals surface area contributed by atoms with E-state index < -0.39 is 5.92 Å². The molecule has 3 heteroatoms. The molecule has 18 heavy (non-hydrogen) atoms. The quantitative estimate of drug-likeness (QED) is 0.815. The molecule has 1 saturated carbocycles. The lowest BCUT2D eigenvalue weighted by atomic mass is 9.77. The van der Waals surface area contributed by atoms with Gasteiger partial charge in [0.1, 0.15) is 5.92 Å². The number of nitrogens with one attached hydrogen (secondary N) is 1. The first-order chi connectivity index (χ1) is 8.38. The first kappa shape index (κ1) is 15.0. The molecule has 0 aromatic heterocycles. The summed E-state index contributed by atoms with van der Waals surface area (Å²) in [5, 5.41) is 12.0. The second-order valence-electron chi connectivity index (χ2n) is 6.54. The van der Waals surface area contributed by atoms with Crippen molar-refractivity contribution in [3.05, 3.63) is 0 Å². The number of hydrogen-bond acceptors (Lipinski definition) is 2. The van der Waals surface area contributed by atoms with Gasteiger partial charge in [-0.3, -0.25) is 4.79 Å². The summed E-state index contributed by atoms with van der Waals surface area (Å²) in [6, 6.07) is 2.10. The van der Waals surface area contributed by atoms with Crippen LogP contribution in [0.4, 0.5) is 0 Å². The van der Waals surface area contributed by atoms with Gasteiger partial charge in [0.05, 0.1) is 6.07 Å². The first-order valence-electron chi connectivity index (χ1n) is 7.06. The Morgan fingerprint density at radius 1 is 1.39 bits per heavy atom. The van der Waals surface area contributed by atoms with E-state index in [0.29, 0.717) is 12.5 Å². The van der Waals surface area contributed by atoms with Crippen molar-refractivity contribution in [3.63, 3.8) is 0 Å². The van der Waals surface area contributed by atoms with Crippen LogP contribution in [-0.2, 0) is 4.79 Å². The van der Waals surface area contributed by atoms with E-state index in [-0.39, 0.29) is 17.2 Å². The predicted molar refractivity (Wildman–Crippen MR) is 72.7 cm³/mol. The van der Waals surface area contributed by atoms with E-state index in [2.05, 4.69) is 25.2 Å². The third-order valence-electron chi connectivity index (χ3n) is 4.27. The molecule has 0 saturated heterocycles. The molecule has 1 aliphatic carbocycles. The number of hydrogen-bond donors (Lipinski definition) is 1. The zero-order valence-corrected chi connectivity index (χ0v) is 12.1. The maximum Gasteiger partial charge on any atom is 0.237 e. The molecule has 1 aliphatic rings. The van der Waals surface area contributed by atoms with Gasteiger partial charge in [-0.1, -0.05) is 40.5 Å². The average molecular weight is 250 g/mol. The highest BCUT2D eigenvalue weighted by molar-refractivity contribution is 5.81. The Balaban J connectivity index is 2.48. The second-order valence-corrected chi connectivity index (χ2v) is 6.54. The van der Waals surface area contributed by atoms with Gasteiger partial charge < -0.3 is 5.32 Å². The van der Waals surface area contributed by atoms with E-state index >= 15 is 0 Å². The van der Waals surface area contributed by atoms with Crippen molar-refractivity contribution in [2.24, 2.45) is 23.2 Å². The summed E-state index contributed by atoms with van der Waals surface area (Å²) in [5.74, 6) is 0.143. The van der Waals surface area contributed by atoms with E-state index in [1.165, 1.54) is 25.7 Å². The molecule has 0 spiro atoms. The largest absolute Gasteiger partial charge is 0.354 e. The average Bonchev–Trinajstić information content (AvgIpc) is 2.81. The van der Waals surface area contributed by atoms with E-state index in [1.807, 2.05) is 13.8 Å². The highest BCUT2D eigenvalue weighted by Crippen LogP contribution is 2.39. The number of nitriles is 1. The molecule has 0 radical (unpaired) electrons. The monoisotopic (exact) mass is 250 g/mol. The number of rotatable bonds is 5. The van der Waals surface area contributed by atoms with Crippen molar-refractivity contribution in [2.45, 2.75) is 53.4 Å². The van der Waals surface area contributed by atoms with Crippen LogP contribution >= 0.6 is 0 Å². The Labute approximate surface area is 111 Å². The summed E-state index contributed by atoms with van der Waals surface area (Å²) in [7, 11) is 0. The molecule has 0 aliphatic heterocycles. The Bertz CT molecular complexity index is 322. The molecular weight excluding hydrogens is 224 g/mol. The number of carbonyl (C=O) groups is 1. The van der Waals surface area contributed by atoms with Crippen molar-refractivity contribution in [2.75, 3.05) is 6.54 Å². The SMILES string of the molecule is CC(C)C(C#N)C(=O)NCC(C)(C)C1CCCC1. The van der Waals surface area contributed by atoms with Crippen LogP contribution in [0.5, 0.6) is 0 Å². The smallest absolute Gasteiger partial charge is 0.237 e. The van der Waals surface area contributed by atoms with E-state index in [4.69, 9.17) is 5.26 Å². The van der Waals surface area contributed by atoms with Gasteiger partial charge in [0.15, 0.2) is 0 Å². The Morgan fingerprint density at radius 2 is 1.94 bits per heavy atom. The third kappa shape index (κ3) is 3.73. The zero-order valence-electron chi connectivity index (χ0n) is 12.1. The van der Waals surface area contributed by atoms with Crippen LogP contribution in [0.25, 0.3) is 0 Å². The molecule has 0 bridgehead atoms. The molecular formula is C15H26N2O. The minimum absolute atomic E-state index is 0.0737. The molecule has 1 amide bonds. The topological polar surface area (TPSA) is 52.9 Å². The molecule has 3 nitrogen and oxygen atoms in total. The van der Waals surface area contributed by atoms with Crippen LogP contribution < -0.4 is 5.32 Å². The molecule has 1 fully saturated rings. The van der Waals surface area contributed by atoms with Crippen molar-refractivity contribution in [1.29, 1.82) is 5.26 Å². The van der Waals surface area contributed by atoms with Crippen LogP contribution in [0.15, 0.2) is 0 Å². The number of carbonyl (C=O) groups excluding carboxylic acids is 1. The highest BCUT2D eigenvalue weighted by Gasteiger charge is 2.33. The van der Waals surface area contributed by atoms with E-state index in [1.54, 1.807) is 0 Å². The van der Waals surface area contributed by atoms with Gasteiger partial charge >= 0.3 is 0 Å². The maximum atomic E-state index is 11.9. The molecule has 1 unspecified atom stereocenters. The van der Waals surface area contributed by atoms with Crippen LogP contribution in [0.2, 0.25) is 0 Å². The lowest BCUT2D eigenvalue weighted by molar-refractivity contribution is -0.125. The second kappa shape index (κ2) is 6.22. The van der Waals surface area contributed by atoms with Gasteiger partial charge in [0.2, 0.25) is 5.91 Å². The van der Waals surface area contributed by atoms with Crippen LogP contribution in [0.1, 0.15) is 53.4 Å². The normalized spacial score (nSPS) is 18.7. The van der Waals surface area contributed by atoms with E-state index in [0.717, 1.165) is 0 Å². The van der Waals surface area contributed by atoms with Crippen molar-refractivity contribution >= 4 is 5.91 Å². The van der Waals surface area contributed by atoms with Crippen LogP contribution in [-0.4, -0.2) is 12.5 Å². The van der Waals surface area contributed by atoms with Gasteiger partial charge in [-0.15, -0.1) is 0 Å². The summed E-state index contributed by atoms with van der Waals surface area (Å²) in [5.41, 5.74) is 0.142. The molecule has 1 atom stereocenters. The van der Waals surface area contributed by atoms with Crippen LogP contribution in [0, 0.1) is 34.5 Å². The van der Waals surface area contributed by atoms with Crippen molar-refractivity contribution in [1.82, 2.24) is 5.32 Å². The fourth-order valence-electron chi connectivity index (χ4n) is 2.79. The molecule has 102 valence electrons. The Hall–Kier alpha value is -1.04. The van der Waals surface area contributed by atoms with Gasteiger partial charge in [0, 0.05) is 6.54 Å². The summed E-state index contributed by atoms with van der Waals surface area (Å²) >= 11 is 0. The molecule has 0 aromatic rings. The maximum absolute atomic E-state index is 11.9. The highest BCUT2D eigenvalue weighted by atomic mass is 16.1. The van der Waals surface area contributed by atoms with Crippen molar-refractivity contribution < 1.29 is 4.79 Å². The van der Waals surface area contributed by atoms with Gasteiger partial charge in [-0.05, 0) is 30.1 Å². The molecule has 1 N–H and O–H groups in total. The molecule has 0 aromatic carbocycles. The fourth-order valence-corrected chi connectivity index (χ4v) is 2.79. The molecule has 1 rings (SSSR count). The summed E-state index contributed by atoms with van der Waals surface area (Å²) in [6.45, 7) is 8.95.